The lowest BCUT2D eigenvalue weighted by atomic mass is 9.94. The SMILES string of the molecule is CCC(N)(CC)CN(C)Cc1cscn1. The molecule has 0 fully saturated rings. The largest absolute Gasteiger partial charge is 0.324 e. The number of nitrogens with two attached hydrogens (primary N) is 1. The fourth-order valence-corrected chi connectivity index (χ4v) is 2.21. The lowest BCUT2D eigenvalue weighted by Crippen LogP contribution is -2.48. The van der Waals surface area contributed by atoms with Gasteiger partial charge in [-0.25, -0.2) is 4.98 Å². The summed E-state index contributed by atoms with van der Waals surface area (Å²) in [5, 5.41) is 2.09. The first-order valence-electron chi connectivity index (χ1n) is 5.44. The number of rotatable bonds is 6. The molecular formula is C11H21N3S. The molecule has 2 N–H and O–H groups in total. The molecule has 0 aromatic carbocycles. The molecule has 0 radical (unpaired) electrons. The van der Waals surface area contributed by atoms with Gasteiger partial charge in [-0.1, -0.05) is 13.8 Å². The molecule has 15 heavy (non-hydrogen) atoms. The molecule has 4 heteroatoms. The summed E-state index contributed by atoms with van der Waals surface area (Å²) in [5.74, 6) is 0. The Bertz CT molecular complexity index is 267. The monoisotopic (exact) mass is 227 g/mol. The van der Waals surface area contributed by atoms with Gasteiger partial charge < -0.3 is 5.73 Å². The van der Waals surface area contributed by atoms with Crippen molar-refractivity contribution in [1.29, 1.82) is 0 Å². The number of hydrogen-bond donors (Lipinski definition) is 1. The molecule has 1 aromatic rings. The smallest absolute Gasteiger partial charge is 0.0795 e. The molecule has 0 aliphatic rings. The van der Waals surface area contributed by atoms with Gasteiger partial charge in [0.25, 0.3) is 0 Å². The van der Waals surface area contributed by atoms with Gasteiger partial charge >= 0.3 is 0 Å². The Morgan fingerprint density at radius 1 is 1.47 bits per heavy atom. The van der Waals surface area contributed by atoms with Crippen molar-refractivity contribution in [3.63, 3.8) is 0 Å². The first-order valence-corrected chi connectivity index (χ1v) is 6.38. The van der Waals surface area contributed by atoms with E-state index in [1.807, 2.05) is 5.51 Å². The highest BCUT2D eigenvalue weighted by Crippen LogP contribution is 2.14. The molecule has 0 saturated carbocycles. The highest BCUT2D eigenvalue weighted by Gasteiger charge is 2.22. The van der Waals surface area contributed by atoms with Crippen LogP contribution in [0.1, 0.15) is 32.4 Å². The summed E-state index contributed by atoms with van der Waals surface area (Å²) in [5.41, 5.74) is 9.23. The maximum absolute atomic E-state index is 6.27. The Morgan fingerprint density at radius 2 is 2.13 bits per heavy atom. The van der Waals surface area contributed by atoms with Crippen LogP contribution < -0.4 is 5.73 Å². The summed E-state index contributed by atoms with van der Waals surface area (Å²) in [4.78, 5) is 6.53. The summed E-state index contributed by atoms with van der Waals surface area (Å²) in [6.45, 7) is 6.13. The van der Waals surface area contributed by atoms with E-state index in [0.29, 0.717) is 0 Å². The van der Waals surface area contributed by atoms with Crippen LogP contribution >= 0.6 is 11.3 Å². The lowest BCUT2D eigenvalue weighted by Gasteiger charge is -2.31. The zero-order valence-electron chi connectivity index (χ0n) is 9.86. The fraction of sp³-hybridized carbons (Fsp3) is 0.727. The normalized spacial score (nSPS) is 12.3. The van der Waals surface area contributed by atoms with Gasteiger partial charge in [-0.2, -0.15) is 0 Å². The van der Waals surface area contributed by atoms with E-state index in [0.717, 1.165) is 31.6 Å². The van der Waals surface area contributed by atoms with Crippen molar-refractivity contribution in [3.05, 3.63) is 16.6 Å². The predicted octanol–water partition coefficient (Wildman–Crippen LogP) is 2.09. The van der Waals surface area contributed by atoms with E-state index in [2.05, 4.69) is 36.2 Å². The minimum absolute atomic E-state index is 0.0508. The topological polar surface area (TPSA) is 42.1 Å². The third-order valence-corrected chi connectivity index (χ3v) is 3.54. The van der Waals surface area contributed by atoms with Crippen molar-refractivity contribution in [3.8, 4) is 0 Å². The van der Waals surface area contributed by atoms with E-state index in [4.69, 9.17) is 5.73 Å². The van der Waals surface area contributed by atoms with Gasteiger partial charge in [0, 0.05) is 24.0 Å². The van der Waals surface area contributed by atoms with Gasteiger partial charge in [-0.15, -0.1) is 11.3 Å². The van der Waals surface area contributed by atoms with Crippen LogP contribution in [0.3, 0.4) is 0 Å². The first kappa shape index (κ1) is 12.6. The van der Waals surface area contributed by atoms with Gasteiger partial charge in [0.15, 0.2) is 0 Å². The molecule has 0 saturated heterocycles. The second-order valence-electron chi connectivity index (χ2n) is 4.22. The van der Waals surface area contributed by atoms with Crippen molar-refractivity contribution < 1.29 is 0 Å². The molecule has 0 bridgehead atoms. The number of hydrogen-bond acceptors (Lipinski definition) is 4. The van der Waals surface area contributed by atoms with E-state index in [1.54, 1.807) is 11.3 Å². The molecule has 1 aromatic heterocycles. The van der Waals surface area contributed by atoms with Gasteiger partial charge in [-0.05, 0) is 19.9 Å². The van der Waals surface area contributed by atoms with Gasteiger partial charge in [-0.3, -0.25) is 4.90 Å². The quantitative estimate of drug-likeness (QED) is 0.809. The van der Waals surface area contributed by atoms with E-state index in [9.17, 15) is 0 Å². The van der Waals surface area contributed by atoms with Crippen LogP contribution in [0.25, 0.3) is 0 Å². The number of likely N-dealkylation sites (N-methyl/N-ethyl adjacent to an activating group) is 1. The average Bonchev–Trinajstić information content (AvgIpc) is 2.70. The van der Waals surface area contributed by atoms with Crippen molar-refractivity contribution in [2.45, 2.75) is 38.8 Å². The van der Waals surface area contributed by atoms with E-state index in [1.165, 1.54) is 0 Å². The highest BCUT2D eigenvalue weighted by atomic mass is 32.1. The molecule has 3 nitrogen and oxygen atoms in total. The summed E-state index contributed by atoms with van der Waals surface area (Å²) < 4.78 is 0. The van der Waals surface area contributed by atoms with E-state index >= 15 is 0 Å². The Hall–Kier alpha value is -0.450. The molecule has 0 unspecified atom stereocenters. The number of aromatic nitrogens is 1. The van der Waals surface area contributed by atoms with Crippen molar-refractivity contribution in [2.75, 3.05) is 13.6 Å². The Labute approximate surface area is 96.3 Å². The third kappa shape index (κ3) is 3.89. The maximum Gasteiger partial charge on any atom is 0.0795 e. The van der Waals surface area contributed by atoms with Crippen molar-refractivity contribution >= 4 is 11.3 Å². The summed E-state index contributed by atoms with van der Waals surface area (Å²) in [6.07, 6.45) is 2.04. The predicted molar refractivity (Wildman–Crippen MR) is 65.9 cm³/mol. The molecular weight excluding hydrogens is 206 g/mol. The molecule has 0 spiro atoms. The van der Waals surface area contributed by atoms with Crippen LogP contribution in [0.5, 0.6) is 0 Å². The second kappa shape index (κ2) is 5.58. The second-order valence-corrected chi connectivity index (χ2v) is 4.94. The summed E-state index contributed by atoms with van der Waals surface area (Å²) in [7, 11) is 2.10. The van der Waals surface area contributed by atoms with Gasteiger partial charge in [0.05, 0.1) is 11.2 Å². The van der Waals surface area contributed by atoms with Crippen LogP contribution in [0, 0.1) is 0 Å². The highest BCUT2D eigenvalue weighted by molar-refractivity contribution is 7.07. The van der Waals surface area contributed by atoms with Crippen LogP contribution in [-0.4, -0.2) is 29.0 Å². The molecule has 0 aliphatic heterocycles. The van der Waals surface area contributed by atoms with E-state index in [-0.39, 0.29) is 5.54 Å². The average molecular weight is 227 g/mol. The third-order valence-electron chi connectivity index (χ3n) is 2.91. The van der Waals surface area contributed by atoms with Gasteiger partial charge in [0.1, 0.15) is 0 Å². The lowest BCUT2D eigenvalue weighted by molar-refractivity contribution is 0.226. The zero-order chi connectivity index (χ0) is 11.3. The molecule has 1 heterocycles. The van der Waals surface area contributed by atoms with Crippen molar-refractivity contribution in [1.82, 2.24) is 9.88 Å². The molecule has 0 amide bonds. The Morgan fingerprint density at radius 3 is 2.60 bits per heavy atom. The molecule has 86 valence electrons. The summed E-state index contributed by atoms with van der Waals surface area (Å²) in [6, 6.07) is 0. The number of thiazole rings is 1. The number of nitrogens with zero attached hydrogens (tertiary/aromatic N) is 2. The Balaban J connectivity index is 2.44. The summed E-state index contributed by atoms with van der Waals surface area (Å²) >= 11 is 1.64. The molecule has 0 aliphatic carbocycles. The van der Waals surface area contributed by atoms with Crippen LogP contribution in [0.15, 0.2) is 10.9 Å². The maximum atomic E-state index is 6.27. The fourth-order valence-electron chi connectivity index (χ4n) is 1.66. The standard InChI is InChI=1S/C11H21N3S/c1-4-11(12,5-2)8-14(3)6-10-7-15-9-13-10/h7,9H,4-6,8,12H2,1-3H3. The van der Waals surface area contributed by atoms with Crippen LogP contribution in [0.2, 0.25) is 0 Å². The minimum Gasteiger partial charge on any atom is -0.324 e. The van der Waals surface area contributed by atoms with Crippen LogP contribution in [-0.2, 0) is 6.54 Å². The van der Waals surface area contributed by atoms with Gasteiger partial charge in [0.2, 0.25) is 0 Å². The van der Waals surface area contributed by atoms with E-state index < -0.39 is 0 Å². The molecule has 0 atom stereocenters. The van der Waals surface area contributed by atoms with Crippen molar-refractivity contribution in [2.24, 2.45) is 5.73 Å². The first-order chi connectivity index (χ1) is 7.09. The van der Waals surface area contributed by atoms with Crippen LogP contribution in [0.4, 0.5) is 0 Å². The Kier molecular flexibility index (Phi) is 4.70. The molecule has 1 rings (SSSR count). The minimum atomic E-state index is -0.0508. The zero-order valence-corrected chi connectivity index (χ0v) is 10.7.